The number of ether oxygens (including phenoxy) is 1. The lowest BCUT2D eigenvalue weighted by Crippen LogP contribution is -2.08. The molecule has 0 saturated carbocycles. The molecule has 3 nitrogen and oxygen atoms in total. The Bertz CT molecular complexity index is 202. The molecule has 1 N–H and O–H groups in total. The van der Waals surface area contributed by atoms with Gasteiger partial charge in [-0.05, 0) is 18.9 Å². The molecule has 1 unspecified atom stereocenters. The van der Waals surface area contributed by atoms with Crippen LogP contribution < -0.4 is 0 Å². The number of aromatic amines is 1. The van der Waals surface area contributed by atoms with E-state index in [-0.39, 0.29) is 0 Å². The van der Waals surface area contributed by atoms with E-state index in [1.807, 2.05) is 6.07 Å². The average Bonchev–Trinajstić information content (AvgIpc) is 2.60. The molecular formula is C8H12N2O. The molecule has 1 aliphatic heterocycles. The second-order valence-corrected chi connectivity index (χ2v) is 2.92. The Hall–Kier alpha value is -0.830. The van der Waals surface area contributed by atoms with Crippen LogP contribution >= 0.6 is 0 Å². The van der Waals surface area contributed by atoms with Crippen LogP contribution in [0.3, 0.4) is 0 Å². The molecule has 60 valence electrons. The van der Waals surface area contributed by atoms with E-state index < -0.39 is 0 Å². The summed E-state index contributed by atoms with van der Waals surface area (Å²) in [6, 6.07) is 2.00. The number of rotatable bonds is 2. The quantitative estimate of drug-likeness (QED) is 0.689. The topological polar surface area (TPSA) is 37.9 Å². The maximum atomic E-state index is 5.48. The molecule has 0 bridgehead atoms. The first kappa shape index (κ1) is 6.85. The molecular weight excluding hydrogens is 140 g/mol. The number of hydrogen-bond donors (Lipinski definition) is 1. The van der Waals surface area contributed by atoms with E-state index in [1.165, 1.54) is 18.5 Å². The molecule has 1 fully saturated rings. The van der Waals surface area contributed by atoms with Crippen molar-refractivity contribution in [3.05, 3.63) is 18.0 Å². The molecule has 0 aromatic carbocycles. The van der Waals surface area contributed by atoms with Crippen molar-refractivity contribution in [2.45, 2.75) is 25.4 Å². The molecule has 2 rings (SSSR count). The highest BCUT2D eigenvalue weighted by molar-refractivity contribution is 4.99. The van der Waals surface area contributed by atoms with Crippen LogP contribution in [0.25, 0.3) is 0 Å². The van der Waals surface area contributed by atoms with Gasteiger partial charge in [-0.3, -0.25) is 5.10 Å². The SMILES string of the molecule is c1cc(CC2CCCO2)[nH]n1. The number of nitrogens with zero attached hydrogens (tertiary/aromatic N) is 1. The minimum Gasteiger partial charge on any atom is -0.378 e. The third-order valence-electron chi connectivity index (χ3n) is 2.03. The van der Waals surface area contributed by atoms with Crippen molar-refractivity contribution < 1.29 is 4.74 Å². The lowest BCUT2D eigenvalue weighted by atomic mass is 10.1. The fraction of sp³-hybridized carbons (Fsp3) is 0.625. The van der Waals surface area contributed by atoms with Crippen LogP contribution in [-0.4, -0.2) is 22.9 Å². The smallest absolute Gasteiger partial charge is 0.0631 e. The number of nitrogens with one attached hydrogen (secondary N) is 1. The summed E-state index contributed by atoms with van der Waals surface area (Å²) in [5.74, 6) is 0. The maximum Gasteiger partial charge on any atom is 0.0631 e. The standard InChI is InChI=1S/C8H12N2O/c1-2-8(11-5-1)6-7-3-4-9-10-7/h3-4,8H,1-2,5-6H2,(H,9,10). The molecule has 0 radical (unpaired) electrons. The molecule has 1 aromatic rings. The number of H-pyrrole nitrogens is 1. The molecule has 2 heterocycles. The van der Waals surface area contributed by atoms with Crippen LogP contribution in [-0.2, 0) is 11.2 Å². The van der Waals surface area contributed by atoms with E-state index in [0.29, 0.717) is 6.10 Å². The van der Waals surface area contributed by atoms with E-state index in [1.54, 1.807) is 6.20 Å². The van der Waals surface area contributed by atoms with Gasteiger partial charge in [0, 0.05) is 24.9 Å². The van der Waals surface area contributed by atoms with Gasteiger partial charge >= 0.3 is 0 Å². The van der Waals surface area contributed by atoms with Crippen LogP contribution in [0.15, 0.2) is 12.3 Å². The van der Waals surface area contributed by atoms with Gasteiger partial charge in [-0.1, -0.05) is 0 Å². The fourth-order valence-electron chi connectivity index (χ4n) is 1.45. The van der Waals surface area contributed by atoms with Gasteiger partial charge in [0.2, 0.25) is 0 Å². The predicted octanol–water partition coefficient (Wildman–Crippen LogP) is 1.13. The van der Waals surface area contributed by atoms with Gasteiger partial charge in [-0.2, -0.15) is 5.10 Å². The van der Waals surface area contributed by atoms with E-state index in [4.69, 9.17) is 4.74 Å². The van der Waals surface area contributed by atoms with Gasteiger partial charge in [0.05, 0.1) is 6.10 Å². The zero-order valence-electron chi connectivity index (χ0n) is 6.42. The maximum absolute atomic E-state index is 5.48. The van der Waals surface area contributed by atoms with E-state index in [0.717, 1.165) is 13.0 Å². The first-order valence-corrected chi connectivity index (χ1v) is 4.05. The Labute approximate surface area is 65.8 Å². The molecule has 0 amide bonds. The molecule has 0 spiro atoms. The van der Waals surface area contributed by atoms with Crippen molar-refractivity contribution in [3.8, 4) is 0 Å². The van der Waals surface area contributed by atoms with E-state index in [2.05, 4.69) is 10.2 Å². The van der Waals surface area contributed by atoms with Crippen molar-refractivity contribution in [2.75, 3.05) is 6.61 Å². The Kier molecular flexibility index (Phi) is 1.90. The largest absolute Gasteiger partial charge is 0.378 e. The van der Waals surface area contributed by atoms with Gasteiger partial charge in [-0.25, -0.2) is 0 Å². The van der Waals surface area contributed by atoms with Gasteiger partial charge in [0.15, 0.2) is 0 Å². The summed E-state index contributed by atoms with van der Waals surface area (Å²) < 4.78 is 5.48. The third kappa shape index (κ3) is 1.60. The molecule has 1 aromatic heterocycles. The number of hydrogen-bond acceptors (Lipinski definition) is 2. The Morgan fingerprint density at radius 1 is 1.73 bits per heavy atom. The number of aromatic nitrogens is 2. The van der Waals surface area contributed by atoms with Crippen LogP contribution in [0.5, 0.6) is 0 Å². The lowest BCUT2D eigenvalue weighted by Gasteiger charge is -2.05. The first-order valence-electron chi connectivity index (χ1n) is 4.05. The van der Waals surface area contributed by atoms with Gasteiger partial charge in [-0.15, -0.1) is 0 Å². The average molecular weight is 152 g/mol. The Morgan fingerprint density at radius 3 is 3.36 bits per heavy atom. The molecule has 11 heavy (non-hydrogen) atoms. The summed E-state index contributed by atoms with van der Waals surface area (Å²) in [5.41, 5.74) is 1.18. The summed E-state index contributed by atoms with van der Waals surface area (Å²) in [7, 11) is 0. The first-order chi connectivity index (χ1) is 5.45. The van der Waals surface area contributed by atoms with Crippen molar-refractivity contribution in [1.29, 1.82) is 0 Å². The zero-order chi connectivity index (χ0) is 7.52. The summed E-state index contributed by atoms with van der Waals surface area (Å²) in [6.45, 7) is 0.929. The van der Waals surface area contributed by atoms with E-state index >= 15 is 0 Å². The van der Waals surface area contributed by atoms with Crippen LogP contribution in [0.4, 0.5) is 0 Å². The highest BCUT2D eigenvalue weighted by Crippen LogP contribution is 2.15. The zero-order valence-corrected chi connectivity index (χ0v) is 6.42. The van der Waals surface area contributed by atoms with Gasteiger partial charge in [0.25, 0.3) is 0 Å². The Morgan fingerprint density at radius 2 is 2.73 bits per heavy atom. The van der Waals surface area contributed by atoms with Crippen molar-refractivity contribution in [2.24, 2.45) is 0 Å². The van der Waals surface area contributed by atoms with Crippen molar-refractivity contribution >= 4 is 0 Å². The normalized spacial score (nSPS) is 24.2. The second kappa shape index (κ2) is 3.05. The monoisotopic (exact) mass is 152 g/mol. The summed E-state index contributed by atoms with van der Waals surface area (Å²) in [4.78, 5) is 0. The van der Waals surface area contributed by atoms with E-state index in [9.17, 15) is 0 Å². The van der Waals surface area contributed by atoms with Gasteiger partial charge < -0.3 is 4.74 Å². The Balaban J connectivity index is 1.90. The summed E-state index contributed by atoms with van der Waals surface area (Å²) in [5, 5.41) is 6.82. The highest BCUT2D eigenvalue weighted by Gasteiger charge is 2.15. The third-order valence-corrected chi connectivity index (χ3v) is 2.03. The van der Waals surface area contributed by atoms with Gasteiger partial charge in [0.1, 0.15) is 0 Å². The molecule has 1 aliphatic rings. The summed E-state index contributed by atoms with van der Waals surface area (Å²) >= 11 is 0. The predicted molar refractivity (Wildman–Crippen MR) is 41.3 cm³/mol. The van der Waals surface area contributed by atoms with Crippen molar-refractivity contribution in [3.63, 3.8) is 0 Å². The minimum absolute atomic E-state index is 0.426. The van der Waals surface area contributed by atoms with Crippen LogP contribution in [0, 0.1) is 0 Å². The van der Waals surface area contributed by atoms with Crippen molar-refractivity contribution in [1.82, 2.24) is 10.2 Å². The minimum atomic E-state index is 0.426. The molecule has 1 saturated heterocycles. The molecule has 1 atom stereocenters. The highest BCUT2D eigenvalue weighted by atomic mass is 16.5. The van der Waals surface area contributed by atoms with Crippen LogP contribution in [0.1, 0.15) is 18.5 Å². The molecule has 3 heteroatoms. The lowest BCUT2D eigenvalue weighted by molar-refractivity contribution is 0.110. The second-order valence-electron chi connectivity index (χ2n) is 2.92. The fourth-order valence-corrected chi connectivity index (χ4v) is 1.45. The van der Waals surface area contributed by atoms with Crippen LogP contribution in [0.2, 0.25) is 0 Å². The summed E-state index contributed by atoms with van der Waals surface area (Å²) in [6.07, 6.45) is 5.60. The molecule has 0 aliphatic carbocycles.